The van der Waals surface area contributed by atoms with Crippen molar-refractivity contribution >= 4 is 21.7 Å². The molecule has 1 N–H and O–H groups in total. The number of hydrogen-bond donors (Lipinski definition) is 1. The van der Waals surface area contributed by atoms with Crippen molar-refractivity contribution in [2.24, 2.45) is 0 Å². The van der Waals surface area contributed by atoms with Crippen LogP contribution in [0.5, 0.6) is 5.75 Å². The lowest BCUT2D eigenvalue weighted by Gasteiger charge is -2.38. The van der Waals surface area contributed by atoms with E-state index in [1.807, 2.05) is 0 Å². The van der Waals surface area contributed by atoms with E-state index in [9.17, 15) is 23.1 Å². The predicted octanol–water partition coefficient (Wildman–Crippen LogP) is 2.21. The van der Waals surface area contributed by atoms with Crippen molar-refractivity contribution in [2.45, 2.75) is 57.5 Å². The van der Waals surface area contributed by atoms with Crippen LogP contribution in [0.15, 0.2) is 18.2 Å². The van der Waals surface area contributed by atoms with Crippen molar-refractivity contribution in [3.8, 4) is 5.75 Å². The molecule has 3 rings (SSSR count). The highest BCUT2D eigenvalue weighted by atomic mass is 32.2. The number of phenolic OH excluding ortho intramolecular Hbond substituents is 1. The molecule has 28 heavy (non-hydrogen) atoms. The Morgan fingerprint density at radius 1 is 1.14 bits per heavy atom. The molecule has 1 aliphatic heterocycles. The topological polar surface area (TPSA) is 101 Å². The van der Waals surface area contributed by atoms with Crippen molar-refractivity contribution in [3.63, 3.8) is 0 Å². The normalized spacial score (nSPS) is 22.0. The van der Waals surface area contributed by atoms with Gasteiger partial charge in [0.15, 0.2) is 16.4 Å². The predicted molar refractivity (Wildman–Crippen MR) is 104 cm³/mol. The molecule has 1 aliphatic carbocycles. The number of ether oxygens (including phenoxy) is 1. The summed E-state index contributed by atoms with van der Waals surface area (Å²) >= 11 is 0. The van der Waals surface area contributed by atoms with Crippen LogP contribution in [0.4, 0.5) is 0 Å². The second-order valence-electron chi connectivity index (χ2n) is 7.75. The maximum Gasteiger partial charge on any atom is 0.342 e. The van der Waals surface area contributed by atoms with Crippen LogP contribution in [0.3, 0.4) is 0 Å². The van der Waals surface area contributed by atoms with E-state index in [1.165, 1.54) is 12.1 Å². The standard InChI is InChI=1S/C20H27NO6S/c1-14-7-8-18(22)17(11-14)20(24)27-12-19(23)21(15-5-3-2-4-6-15)16-9-10-28(25,26)13-16/h7-8,11,15-16,22H,2-6,9-10,12-13H2,1H3. The number of esters is 1. The van der Waals surface area contributed by atoms with Crippen molar-refractivity contribution in [1.82, 2.24) is 4.90 Å². The number of aryl methyl sites for hydroxylation is 1. The molecule has 8 heteroatoms. The molecular weight excluding hydrogens is 382 g/mol. The Kier molecular flexibility index (Phi) is 6.27. The van der Waals surface area contributed by atoms with E-state index >= 15 is 0 Å². The fraction of sp³-hybridized carbons (Fsp3) is 0.600. The summed E-state index contributed by atoms with van der Waals surface area (Å²) in [5, 5.41) is 9.85. The highest BCUT2D eigenvalue weighted by Crippen LogP contribution is 2.28. The number of nitrogens with zero attached hydrogens (tertiary/aromatic N) is 1. The first-order chi connectivity index (χ1) is 13.3. The zero-order valence-corrected chi connectivity index (χ0v) is 16.9. The Labute approximate surface area is 165 Å². The number of amides is 1. The van der Waals surface area contributed by atoms with Gasteiger partial charge in [-0.3, -0.25) is 4.79 Å². The molecule has 0 bridgehead atoms. The lowest BCUT2D eigenvalue weighted by Crippen LogP contribution is -2.50. The Bertz CT molecular complexity index is 844. The molecule has 2 aliphatic rings. The molecule has 1 saturated carbocycles. The van der Waals surface area contributed by atoms with Gasteiger partial charge in [0.25, 0.3) is 5.91 Å². The molecule has 7 nitrogen and oxygen atoms in total. The van der Waals surface area contributed by atoms with Crippen molar-refractivity contribution < 1.29 is 27.9 Å². The lowest BCUT2D eigenvalue weighted by atomic mass is 9.93. The number of aromatic hydroxyl groups is 1. The molecule has 1 heterocycles. The van der Waals surface area contributed by atoms with Crippen molar-refractivity contribution in [1.29, 1.82) is 0 Å². The van der Waals surface area contributed by atoms with Crippen LogP contribution < -0.4 is 0 Å². The first kappa shape index (κ1) is 20.6. The molecule has 0 spiro atoms. The van der Waals surface area contributed by atoms with Gasteiger partial charge in [-0.05, 0) is 38.3 Å². The molecule has 1 saturated heterocycles. The smallest absolute Gasteiger partial charge is 0.342 e. The third-order valence-corrected chi connectivity index (χ3v) is 7.31. The third kappa shape index (κ3) is 4.84. The maximum atomic E-state index is 12.9. The number of phenols is 1. The molecule has 2 fully saturated rings. The summed E-state index contributed by atoms with van der Waals surface area (Å²) in [5.74, 6) is -1.27. The number of carbonyl (C=O) groups is 2. The van der Waals surface area contributed by atoms with Gasteiger partial charge < -0.3 is 14.7 Å². The van der Waals surface area contributed by atoms with Gasteiger partial charge in [-0.25, -0.2) is 13.2 Å². The number of rotatable bonds is 5. The van der Waals surface area contributed by atoms with Gasteiger partial charge >= 0.3 is 5.97 Å². The second-order valence-corrected chi connectivity index (χ2v) is 9.98. The SMILES string of the molecule is Cc1ccc(O)c(C(=O)OCC(=O)N(C2CCCCC2)C2CCS(=O)(=O)C2)c1. The van der Waals surface area contributed by atoms with Gasteiger partial charge in [0.05, 0.1) is 11.5 Å². The maximum absolute atomic E-state index is 12.9. The average Bonchev–Trinajstić information content (AvgIpc) is 3.02. The lowest BCUT2D eigenvalue weighted by molar-refractivity contribution is -0.140. The van der Waals surface area contributed by atoms with E-state index in [0.717, 1.165) is 37.7 Å². The van der Waals surface area contributed by atoms with Gasteiger partial charge in [0, 0.05) is 12.1 Å². The summed E-state index contributed by atoms with van der Waals surface area (Å²) in [6.07, 6.45) is 5.24. The van der Waals surface area contributed by atoms with Crippen LogP contribution in [0, 0.1) is 6.92 Å². The van der Waals surface area contributed by atoms with Gasteiger partial charge in [-0.1, -0.05) is 30.9 Å². The highest BCUT2D eigenvalue weighted by molar-refractivity contribution is 7.91. The van der Waals surface area contributed by atoms with E-state index < -0.39 is 22.4 Å². The summed E-state index contributed by atoms with van der Waals surface area (Å²) in [7, 11) is -3.13. The summed E-state index contributed by atoms with van der Waals surface area (Å²) < 4.78 is 29.0. The first-order valence-electron chi connectivity index (χ1n) is 9.75. The van der Waals surface area contributed by atoms with Crippen molar-refractivity contribution in [3.05, 3.63) is 29.3 Å². The Hall–Kier alpha value is -2.09. The van der Waals surface area contributed by atoms with Gasteiger partial charge in [-0.2, -0.15) is 0 Å². The molecular formula is C20H27NO6S. The monoisotopic (exact) mass is 409 g/mol. The third-order valence-electron chi connectivity index (χ3n) is 5.56. The quantitative estimate of drug-likeness (QED) is 0.748. The van der Waals surface area contributed by atoms with E-state index in [1.54, 1.807) is 17.9 Å². The van der Waals surface area contributed by atoms with E-state index in [4.69, 9.17) is 4.74 Å². The van der Waals surface area contributed by atoms with Crippen LogP contribution in [0.1, 0.15) is 54.4 Å². The molecule has 154 valence electrons. The summed E-state index contributed by atoms with van der Waals surface area (Å²) in [4.78, 5) is 26.9. The Balaban J connectivity index is 1.70. The average molecular weight is 410 g/mol. The fourth-order valence-corrected chi connectivity index (χ4v) is 5.86. The van der Waals surface area contributed by atoms with Gasteiger partial charge in [-0.15, -0.1) is 0 Å². The van der Waals surface area contributed by atoms with E-state index in [-0.39, 0.29) is 40.8 Å². The number of carbonyl (C=O) groups excluding carboxylic acids is 2. The van der Waals surface area contributed by atoms with E-state index in [2.05, 4.69) is 0 Å². The summed E-state index contributed by atoms with van der Waals surface area (Å²) in [6, 6.07) is 4.22. The first-order valence-corrected chi connectivity index (χ1v) is 11.6. The molecule has 1 aromatic carbocycles. The number of benzene rings is 1. The molecule has 1 amide bonds. The Morgan fingerprint density at radius 2 is 1.86 bits per heavy atom. The van der Waals surface area contributed by atoms with Crippen LogP contribution in [0.25, 0.3) is 0 Å². The summed E-state index contributed by atoms with van der Waals surface area (Å²) in [5.41, 5.74) is 0.802. The minimum absolute atomic E-state index is 0.00868. The number of sulfone groups is 1. The van der Waals surface area contributed by atoms with Crippen molar-refractivity contribution in [2.75, 3.05) is 18.1 Å². The second kappa shape index (κ2) is 8.51. The molecule has 1 unspecified atom stereocenters. The zero-order valence-electron chi connectivity index (χ0n) is 16.1. The number of hydrogen-bond acceptors (Lipinski definition) is 6. The molecule has 0 aromatic heterocycles. The van der Waals surface area contributed by atoms with Crippen LogP contribution in [-0.2, 0) is 19.4 Å². The minimum atomic E-state index is -3.13. The summed E-state index contributed by atoms with van der Waals surface area (Å²) in [6.45, 7) is 1.33. The molecule has 0 radical (unpaired) electrons. The minimum Gasteiger partial charge on any atom is -0.507 e. The molecule has 1 atom stereocenters. The zero-order chi connectivity index (χ0) is 20.3. The largest absolute Gasteiger partial charge is 0.507 e. The van der Waals surface area contributed by atoms with Crippen LogP contribution in [0.2, 0.25) is 0 Å². The van der Waals surface area contributed by atoms with Gasteiger partial charge in [0.1, 0.15) is 11.3 Å². The molecule has 1 aromatic rings. The highest BCUT2D eigenvalue weighted by Gasteiger charge is 2.38. The van der Waals surface area contributed by atoms with E-state index in [0.29, 0.717) is 6.42 Å². The van der Waals surface area contributed by atoms with Crippen LogP contribution in [-0.4, -0.2) is 60.5 Å². The fourth-order valence-electron chi connectivity index (χ4n) is 4.15. The Morgan fingerprint density at radius 3 is 2.50 bits per heavy atom. The van der Waals surface area contributed by atoms with Gasteiger partial charge in [0.2, 0.25) is 0 Å². The van der Waals surface area contributed by atoms with Crippen LogP contribution >= 0.6 is 0 Å².